The fourth-order valence-electron chi connectivity index (χ4n) is 1.63. The largest absolute Gasteiger partial charge is 0.506 e. The summed E-state index contributed by atoms with van der Waals surface area (Å²) < 4.78 is 6.09. The van der Waals surface area contributed by atoms with Gasteiger partial charge in [0.1, 0.15) is 11.5 Å². The van der Waals surface area contributed by atoms with Gasteiger partial charge in [0.2, 0.25) is 0 Å². The Morgan fingerprint density at radius 3 is 2.36 bits per heavy atom. The normalized spacial score (nSPS) is 10.7. The number of carbonyl (C=O) groups is 1. The summed E-state index contributed by atoms with van der Waals surface area (Å²) in [6.45, 7) is 0. The molecule has 2 aromatic rings. The van der Waals surface area contributed by atoms with Gasteiger partial charge in [-0.3, -0.25) is 4.79 Å². The van der Waals surface area contributed by atoms with E-state index in [1.54, 1.807) is 43.5 Å². The molecule has 0 aliphatic carbocycles. The monoisotopic (exact) mass is 426 g/mol. The molecule has 0 aromatic heterocycles. The van der Waals surface area contributed by atoms with Crippen molar-refractivity contribution in [1.82, 2.24) is 5.43 Å². The number of nitrogens with one attached hydrogen (secondary N) is 1. The van der Waals surface area contributed by atoms with Gasteiger partial charge in [-0.05, 0) is 73.8 Å². The van der Waals surface area contributed by atoms with Crippen molar-refractivity contribution in [2.45, 2.75) is 0 Å². The van der Waals surface area contributed by atoms with Gasteiger partial charge in [-0.25, -0.2) is 5.43 Å². The molecule has 2 N–H and O–H groups in total. The zero-order chi connectivity index (χ0) is 16.1. The van der Waals surface area contributed by atoms with E-state index >= 15 is 0 Å². The van der Waals surface area contributed by atoms with Gasteiger partial charge in [-0.1, -0.05) is 0 Å². The summed E-state index contributed by atoms with van der Waals surface area (Å²) in [6.07, 6.45) is 1.48. The second-order valence-corrected chi connectivity index (χ2v) is 5.97. The maximum Gasteiger partial charge on any atom is 0.271 e. The molecule has 0 aliphatic heterocycles. The van der Waals surface area contributed by atoms with Crippen LogP contribution in [0.15, 0.2) is 50.4 Å². The third-order valence-corrected chi connectivity index (χ3v) is 3.98. The molecule has 22 heavy (non-hydrogen) atoms. The van der Waals surface area contributed by atoms with E-state index in [0.717, 1.165) is 0 Å². The van der Waals surface area contributed by atoms with Crippen LogP contribution in [-0.4, -0.2) is 24.3 Å². The van der Waals surface area contributed by atoms with Crippen LogP contribution in [0, 0.1) is 0 Å². The molecular formula is C15H12Br2N2O3. The number of hydrogen-bond donors (Lipinski definition) is 2. The van der Waals surface area contributed by atoms with Crippen molar-refractivity contribution in [2.75, 3.05) is 7.11 Å². The van der Waals surface area contributed by atoms with E-state index in [2.05, 4.69) is 42.4 Å². The van der Waals surface area contributed by atoms with Gasteiger partial charge in [0.25, 0.3) is 5.91 Å². The van der Waals surface area contributed by atoms with Crippen molar-refractivity contribution >= 4 is 44.0 Å². The molecule has 2 aromatic carbocycles. The average Bonchev–Trinajstić information content (AvgIpc) is 2.52. The van der Waals surface area contributed by atoms with E-state index < -0.39 is 0 Å². The van der Waals surface area contributed by atoms with Gasteiger partial charge in [0.05, 0.1) is 22.3 Å². The van der Waals surface area contributed by atoms with Gasteiger partial charge in [-0.15, -0.1) is 0 Å². The maximum absolute atomic E-state index is 11.9. The molecule has 0 fully saturated rings. The second kappa shape index (κ2) is 7.42. The quantitative estimate of drug-likeness (QED) is 0.577. The molecule has 0 saturated heterocycles. The molecule has 1 amide bonds. The molecule has 0 radical (unpaired) electrons. The Labute approximate surface area is 144 Å². The molecule has 0 heterocycles. The SMILES string of the molecule is COc1ccc(C(=O)N/N=C\c2cc(Br)c(O)c(Br)c2)cc1. The number of phenolic OH excluding ortho intramolecular Hbond substituents is 1. The van der Waals surface area contributed by atoms with Gasteiger partial charge >= 0.3 is 0 Å². The van der Waals surface area contributed by atoms with Gasteiger partial charge in [0, 0.05) is 5.56 Å². The molecule has 0 spiro atoms. The number of rotatable bonds is 4. The highest BCUT2D eigenvalue weighted by Crippen LogP contribution is 2.32. The molecule has 7 heteroatoms. The van der Waals surface area contributed by atoms with E-state index in [4.69, 9.17) is 4.74 Å². The van der Waals surface area contributed by atoms with Crippen LogP contribution in [0.2, 0.25) is 0 Å². The van der Waals surface area contributed by atoms with Crippen molar-refractivity contribution in [3.8, 4) is 11.5 Å². The van der Waals surface area contributed by atoms with E-state index in [0.29, 0.717) is 25.8 Å². The molecule has 114 valence electrons. The van der Waals surface area contributed by atoms with Crippen molar-refractivity contribution in [2.24, 2.45) is 5.10 Å². The second-order valence-electron chi connectivity index (χ2n) is 4.26. The van der Waals surface area contributed by atoms with Crippen molar-refractivity contribution < 1.29 is 14.6 Å². The summed E-state index contributed by atoms with van der Waals surface area (Å²) in [4.78, 5) is 11.9. The van der Waals surface area contributed by atoms with Crippen LogP contribution in [0.25, 0.3) is 0 Å². The molecular weight excluding hydrogens is 416 g/mol. The zero-order valence-electron chi connectivity index (χ0n) is 11.5. The third-order valence-electron chi connectivity index (χ3n) is 2.77. The van der Waals surface area contributed by atoms with Crippen LogP contribution in [0.3, 0.4) is 0 Å². The number of aromatic hydroxyl groups is 1. The van der Waals surface area contributed by atoms with E-state index in [-0.39, 0.29) is 11.7 Å². The number of methoxy groups -OCH3 is 1. The van der Waals surface area contributed by atoms with Crippen LogP contribution >= 0.6 is 31.9 Å². The smallest absolute Gasteiger partial charge is 0.271 e. The Hall–Kier alpha value is -1.86. The lowest BCUT2D eigenvalue weighted by Gasteiger charge is -2.03. The van der Waals surface area contributed by atoms with Crippen LogP contribution in [-0.2, 0) is 0 Å². The minimum atomic E-state index is -0.323. The van der Waals surface area contributed by atoms with Gasteiger partial charge in [-0.2, -0.15) is 5.10 Å². The van der Waals surface area contributed by atoms with Crippen LogP contribution < -0.4 is 10.2 Å². The highest BCUT2D eigenvalue weighted by Gasteiger charge is 2.06. The molecule has 0 atom stereocenters. The Bertz CT molecular complexity index is 692. The molecule has 0 unspecified atom stereocenters. The van der Waals surface area contributed by atoms with Crippen LogP contribution in [0.5, 0.6) is 11.5 Å². The van der Waals surface area contributed by atoms with Gasteiger partial charge in [0.15, 0.2) is 0 Å². The summed E-state index contributed by atoms with van der Waals surface area (Å²) in [6, 6.07) is 10.1. The topological polar surface area (TPSA) is 70.9 Å². The highest BCUT2D eigenvalue weighted by atomic mass is 79.9. The lowest BCUT2D eigenvalue weighted by Crippen LogP contribution is -2.17. The van der Waals surface area contributed by atoms with Crippen molar-refractivity contribution in [3.05, 3.63) is 56.5 Å². The lowest BCUT2D eigenvalue weighted by molar-refractivity contribution is 0.0955. The fraction of sp³-hybridized carbons (Fsp3) is 0.0667. The number of hydrazone groups is 1. The minimum Gasteiger partial charge on any atom is -0.506 e. The number of halogens is 2. The Kier molecular flexibility index (Phi) is 5.57. The summed E-state index contributed by atoms with van der Waals surface area (Å²) in [5.74, 6) is 0.467. The van der Waals surface area contributed by atoms with E-state index in [9.17, 15) is 9.90 Å². The summed E-state index contributed by atoms with van der Waals surface area (Å²) in [5, 5.41) is 13.5. The van der Waals surface area contributed by atoms with Crippen LogP contribution in [0.4, 0.5) is 0 Å². The third kappa shape index (κ3) is 4.08. The first-order valence-electron chi connectivity index (χ1n) is 6.16. The Balaban J connectivity index is 2.03. The number of carbonyl (C=O) groups excluding carboxylic acids is 1. The number of benzene rings is 2. The molecule has 0 saturated carbocycles. The average molecular weight is 428 g/mol. The predicted octanol–water partition coefficient (Wildman–Crippen LogP) is 3.69. The minimum absolute atomic E-state index is 0.111. The molecule has 0 aliphatic rings. The highest BCUT2D eigenvalue weighted by molar-refractivity contribution is 9.11. The van der Waals surface area contributed by atoms with Gasteiger partial charge < -0.3 is 9.84 Å². The summed E-state index contributed by atoms with van der Waals surface area (Å²) in [7, 11) is 1.56. The number of ether oxygens (including phenoxy) is 1. The maximum atomic E-state index is 11.9. The number of amides is 1. The first kappa shape index (κ1) is 16.5. The number of nitrogens with zero attached hydrogens (tertiary/aromatic N) is 1. The lowest BCUT2D eigenvalue weighted by atomic mass is 10.2. The summed E-state index contributed by atoms with van der Waals surface area (Å²) >= 11 is 6.45. The fourth-order valence-corrected chi connectivity index (χ4v) is 2.85. The predicted molar refractivity (Wildman–Crippen MR) is 91.6 cm³/mol. The van der Waals surface area contributed by atoms with Crippen molar-refractivity contribution in [1.29, 1.82) is 0 Å². The molecule has 0 bridgehead atoms. The number of hydrogen-bond acceptors (Lipinski definition) is 4. The first-order chi connectivity index (χ1) is 10.5. The zero-order valence-corrected chi connectivity index (χ0v) is 14.7. The molecule has 5 nitrogen and oxygen atoms in total. The van der Waals surface area contributed by atoms with Crippen LogP contribution in [0.1, 0.15) is 15.9 Å². The number of phenols is 1. The Morgan fingerprint density at radius 1 is 1.23 bits per heavy atom. The van der Waals surface area contributed by atoms with Crippen molar-refractivity contribution in [3.63, 3.8) is 0 Å². The standard InChI is InChI=1S/C15H12Br2N2O3/c1-22-11-4-2-10(3-5-11)15(21)19-18-8-9-6-12(16)14(20)13(17)7-9/h2-8,20H,1H3,(H,19,21)/b18-8-. The summed E-state index contributed by atoms with van der Waals surface area (Å²) in [5.41, 5.74) is 3.63. The Morgan fingerprint density at radius 2 is 1.82 bits per heavy atom. The molecule has 2 rings (SSSR count). The van der Waals surface area contributed by atoms with E-state index in [1.165, 1.54) is 6.21 Å². The first-order valence-corrected chi connectivity index (χ1v) is 7.75. The van der Waals surface area contributed by atoms with E-state index in [1.807, 2.05) is 0 Å².